The van der Waals surface area contributed by atoms with Crippen molar-refractivity contribution in [1.29, 1.82) is 0 Å². The van der Waals surface area contributed by atoms with Crippen LogP contribution in [0.25, 0.3) is 16.3 Å². The van der Waals surface area contributed by atoms with Crippen LogP contribution < -0.4 is 0 Å². The zero-order valence-electron chi connectivity index (χ0n) is 15.5. The molecule has 1 saturated carbocycles. The van der Waals surface area contributed by atoms with Crippen LogP contribution in [0, 0.1) is 0 Å². The fraction of sp³-hybridized carbons (Fsp3) is 0.455. The number of allylic oxidation sites excluding steroid dienone is 1. The predicted octanol–water partition coefficient (Wildman–Crippen LogP) is 5.03. The summed E-state index contributed by atoms with van der Waals surface area (Å²) in [6, 6.07) is 9.76. The summed E-state index contributed by atoms with van der Waals surface area (Å²) in [6.45, 7) is 2.09. The molecule has 0 bridgehead atoms. The van der Waals surface area contributed by atoms with Gasteiger partial charge in [-0.05, 0) is 75.4 Å². The molecule has 25 heavy (non-hydrogen) atoms. The topological polar surface area (TPSA) is 28.5 Å². The summed E-state index contributed by atoms with van der Waals surface area (Å²) in [6.07, 6.45) is 10.1. The fourth-order valence-electron chi connectivity index (χ4n) is 4.20. The van der Waals surface area contributed by atoms with Crippen molar-refractivity contribution in [2.24, 2.45) is 4.99 Å². The first-order valence-corrected chi connectivity index (χ1v) is 9.39. The third-order valence-electron chi connectivity index (χ3n) is 5.85. The standard InChI is InChI=1S/C22H27N3/c1-15-10-20(14-23-15)17-4-5-18-13-24-22(12-19(18)11-17)16-6-8-21(9-7-16)25(2)3/h4-5,11-14,16,21H,6-10H2,1-3H3. The lowest BCUT2D eigenvalue weighted by molar-refractivity contribution is 0.215. The Labute approximate surface area is 150 Å². The molecule has 130 valence electrons. The molecule has 0 unspecified atom stereocenters. The van der Waals surface area contributed by atoms with E-state index in [1.807, 2.05) is 6.20 Å². The Balaban J connectivity index is 1.57. The number of fused-ring (bicyclic) bond motifs is 1. The van der Waals surface area contributed by atoms with Crippen LogP contribution in [0.2, 0.25) is 0 Å². The third-order valence-corrected chi connectivity index (χ3v) is 5.85. The second-order valence-corrected chi connectivity index (χ2v) is 7.84. The maximum Gasteiger partial charge on any atom is 0.0440 e. The number of hydrogen-bond acceptors (Lipinski definition) is 3. The second kappa shape index (κ2) is 6.72. The van der Waals surface area contributed by atoms with Crippen LogP contribution in [0.15, 0.2) is 41.7 Å². The van der Waals surface area contributed by atoms with Crippen LogP contribution in [0.4, 0.5) is 0 Å². The molecule has 1 aliphatic heterocycles. The van der Waals surface area contributed by atoms with Crippen molar-refractivity contribution in [3.8, 4) is 0 Å². The molecule has 1 fully saturated rings. The fourth-order valence-corrected chi connectivity index (χ4v) is 4.20. The Bertz CT molecular complexity index is 839. The normalized spacial score (nSPS) is 23.8. The van der Waals surface area contributed by atoms with Gasteiger partial charge in [-0.15, -0.1) is 0 Å². The molecule has 2 aromatic rings. The molecule has 0 radical (unpaired) electrons. The Kier molecular flexibility index (Phi) is 4.43. The molecule has 1 aromatic carbocycles. The van der Waals surface area contributed by atoms with E-state index < -0.39 is 0 Å². The zero-order chi connectivity index (χ0) is 17.4. The van der Waals surface area contributed by atoms with Crippen molar-refractivity contribution in [3.63, 3.8) is 0 Å². The van der Waals surface area contributed by atoms with Gasteiger partial charge in [-0.25, -0.2) is 0 Å². The smallest absolute Gasteiger partial charge is 0.0440 e. The number of aromatic nitrogens is 1. The summed E-state index contributed by atoms with van der Waals surface area (Å²) in [5.74, 6) is 0.612. The molecule has 2 heterocycles. The number of aliphatic imine (C=N–C) groups is 1. The van der Waals surface area contributed by atoms with E-state index in [1.165, 1.54) is 59.0 Å². The van der Waals surface area contributed by atoms with Gasteiger partial charge in [0.15, 0.2) is 0 Å². The Morgan fingerprint density at radius 2 is 1.80 bits per heavy atom. The molecular formula is C22H27N3. The van der Waals surface area contributed by atoms with Gasteiger partial charge < -0.3 is 4.90 Å². The minimum absolute atomic E-state index is 0.612. The SMILES string of the molecule is CC1=NC=C(c2ccc3cnc(C4CCC(N(C)C)CC4)cc3c2)C1. The van der Waals surface area contributed by atoms with E-state index in [9.17, 15) is 0 Å². The predicted molar refractivity (Wildman–Crippen MR) is 106 cm³/mol. The molecule has 0 saturated heterocycles. The number of rotatable bonds is 3. The monoisotopic (exact) mass is 333 g/mol. The minimum Gasteiger partial charge on any atom is -0.306 e. The largest absolute Gasteiger partial charge is 0.306 e. The zero-order valence-corrected chi connectivity index (χ0v) is 15.5. The lowest BCUT2D eigenvalue weighted by Crippen LogP contribution is -2.31. The van der Waals surface area contributed by atoms with Crippen LogP contribution in [0.5, 0.6) is 0 Å². The van der Waals surface area contributed by atoms with Gasteiger partial charge in [-0.2, -0.15) is 0 Å². The number of hydrogen-bond donors (Lipinski definition) is 0. The summed E-state index contributed by atoms with van der Waals surface area (Å²) >= 11 is 0. The lowest BCUT2D eigenvalue weighted by atomic mass is 9.83. The van der Waals surface area contributed by atoms with Gasteiger partial charge in [0, 0.05) is 47.6 Å². The average molecular weight is 333 g/mol. The Morgan fingerprint density at radius 1 is 1.00 bits per heavy atom. The highest BCUT2D eigenvalue weighted by atomic mass is 15.1. The van der Waals surface area contributed by atoms with Crippen molar-refractivity contribution in [2.45, 2.75) is 51.0 Å². The van der Waals surface area contributed by atoms with Gasteiger partial charge >= 0.3 is 0 Å². The van der Waals surface area contributed by atoms with Crippen molar-refractivity contribution < 1.29 is 0 Å². The van der Waals surface area contributed by atoms with Gasteiger partial charge in [0.1, 0.15) is 0 Å². The van der Waals surface area contributed by atoms with E-state index in [-0.39, 0.29) is 0 Å². The van der Waals surface area contributed by atoms with Crippen LogP contribution in [-0.2, 0) is 0 Å². The van der Waals surface area contributed by atoms with Gasteiger partial charge in [0.25, 0.3) is 0 Å². The lowest BCUT2D eigenvalue weighted by Gasteiger charge is -2.32. The maximum absolute atomic E-state index is 4.79. The molecular weight excluding hydrogens is 306 g/mol. The summed E-state index contributed by atoms with van der Waals surface area (Å²) < 4.78 is 0. The van der Waals surface area contributed by atoms with E-state index >= 15 is 0 Å². The summed E-state index contributed by atoms with van der Waals surface area (Å²) in [5, 5.41) is 2.54. The van der Waals surface area contributed by atoms with Gasteiger partial charge in [-0.1, -0.05) is 12.1 Å². The highest BCUT2D eigenvalue weighted by molar-refractivity contribution is 5.98. The van der Waals surface area contributed by atoms with Crippen molar-refractivity contribution in [3.05, 3.63) is 47.9 Å². The van der Waals surface area contributed by atoms with E-state index in [0.29, 0.717) is 5.92 Å². The molecule has 3 heteroatoms. The van der Waals surface area contributed by atoms with Gasteiger partial charge in [0.05, 0.1) is 0 Å². The number of benzene rings is 1. The van der Waals surface area contributed by atoms with Crippen LogP contribution in [0.1, 0.15) is 56.2 Å². The van der Waals surface area contributed by atoms with Gasteiger partial charge in [-0.3, -0.25) is 9.98 Å². The first-order chi connectivity index (χ1) is 12.1. The average Bonchev–Trinajstić information content (AvgIpc) is 3.07. The number of pyridine rings is 1. The van der Waals surface area contributed by atoms with E-state index in [2.05, 4.69) is 61.4 Å². The Hall–Kier alpha value is -2.00. The quantitative estimate of drug-likeness (QED) is 0.788. The molecule has 0 atom stereocenters. The highest BCUT2D eigenvalue weighted by Crippen LogP contribution is 2.35. The van der Waals surface area contributed by atoms with Crippen molar-refractivity contribution >= 4 is 22.1 Å². The van der Waals surface area contributed by atoms with Gasteiger partial charge in [0.2, 0.25) is 0 Å². The second-order valence-electron chi connectivity index (χ2n) is 7.84. The molecule has 4 rings (SSSR count). The molecule has 2 aliphatic rings. The van der Waals surface area contributed by atoms with Crippen molar-refractivity contribution in [1.82, 2.24) is 9.88 Å². The summed E-state index contributed by atoms with van der Waals surface area (Å²) in [5.41, 5.74) is 5.09. The van der Waals surface area contributed by atoms with E-state index in [1.54, 1.807) is 0 Å². The van der Waals surface area contributed by atoms with Crippen LogP contribution in [-0.4, -0.2) is 35.7 Å². The summed E-state index contributed by atoms with van der Waals surface area (Å²) in [7, 11) is 4.40. The minimum atomic E-state index is 0.612. The molecule has 3 nitrogen and oxygen atoms in total. The first kappa shape index (κ1) is 16.5. The molecule has 1 aliphatic carbocycles. The molecule has 0 N–H and O–H groups in total. The first-order valence-electron chi connectivity index (χ1n) is 9.39. The van der Waals surface area contributed by atoms with Crippen molar-refractivity contribution in [2.75, 3.05) is 14.1 Å². The highest BCUT2D eigenvalue weighted by Gasteiger charge is 2.24. The number of nitrogens with zero attached hydrogens (tertiary/aromatic N) is 3. The van der Waals surface area contributed by atoms with E-state index in [0.717, 1.165) is 12.5 Å². The maximum atomic E-state index is 4.79. The summed E-state index contributed by atoms with van der Waals surface area (Å²) in [4.78, 5) is 11.6. The Morgan fingerprint density at radius 3 is 2.48 bits per heavy atom. The third kappa shape index (κ3) is 3.38. The van der Waals surface area contributed by atoms with Crippen LogP contribution >= 0.6 is 0 Å². The van der Waals surface area contributed by atoms with Crippen LogP contribution in [0.3, 0.4) is 0 Å². The molecule has 0 amide bonds. The molecule has 0 spiro atoms. The van der Waals surface area contributed by atoms with E-state index in [4.69, 9.17) is 4.98 Å². The molecule has 1 aromatic heterocycles.